The van der Waals surface area contributed by atoms with Crippen molar-refractivity contribution in [2.75, 3.05) is 23.4 Å². The summed E-state index contributed by atoms with van der Waals surface area (Å²) >= 11 is 1.73. The van der Waals surface area contributed by atoms with E-state index in [0.717, 1.165) is 11.5 Å². The van der Waals surface area contributed by atoms with Gasteiger partial charge in [0, 0.05) is 12.3 Å². The maximum Gasteiger partial charge on any atom is 0.149 e. The van der Waals surface area contributed by atoms with Gasteiger partial charge in [-0.2, -0.15) is 11.8 Å². The van der Waals surface area contributed by atoms with Gasteiger partial charge in [0.05, 0.1) is 0 Å². The van der Waals surface area contributed by atoms with Gasteiger partial charge in [0.2, 0.25) is 0 Å². The van der Waals surface area contributed by atoms with Gasteiger partial charge in [-0.1, -0.05) is 13.0 Å². The predicted molar refractivity (Wildman–Crippen MR) is 57.8 cm³/mol. The van der Waals surface area contributed by atoms with Crippen LogP contribution in [0.25, 0.3) is 0 Å². The molecule has 0 atom stereocenters. The van der Waals surface area contributed by atoms with Crippen LogP contribution in [0.5, 0.6) is 0 Å². The lowest BCUT2D eigenvalue weighted by Gasteiger charge is -2.07. The molecular formula is C10H13F2NS. The second kappa shape index (κ2) is 5.86. The number of benzene rings is 1. The van der Waals surface area contributed by atoms with E-state index >= 15 is 0 Å². The molecule has 1 N–H and O–H groups in total. The molecule has 0 fully saturated rings. The van der Waals surface area contributed by atoms with Crippen molar-refractivity contribution in [2.24, 2.45) is 0 Å². The van der Waals surface area contributed by atoms with E-state index in [1.165, 1.54) is 18.2 Å². The Bertz CT molecular complexity index is 271. The van der Waals surface area contributed by atoms with Crippen LogP contribution < -0.4 is 5.32 Å². The molecule has 0 aliphatic carbocycles. The summed E-state index contributed by atoms with van der Waals surface area (Å²) < 4.78 is 26.1. The number of halogens is 2. The SMILES string of the molecule is CCSCCNc1c(F)cccc1F. The molecule has 0 aliphatic rings. The van der Waals surface area contributed by atoms with Crippen molar-refractivity contribution in [2.45, 2.75) is 6.92 Å². The van der Waals surface area contributed by atoms with Crippen molar-refractivity contribution in [3.8, 4) is 0 Å². The smallest absolute Gasteiger partial charge is 0.149 e. The second-order valence-electron chi connectivity index (χ2n) is 2.72. The van der Waals surface area contributed by atoms with Gasteiger partial charge >= 0.3 is 0 Å². The van der Waals surface area contributed by atoms with Crippen LogP contribution in [0.4, 0.5) is 14.5 Å². The highest BCUT2D eigenvalue weighted by Crippen LogP contribution is 2.17. The maximum atomic E-state index is 13.1. The van der Waals surface area contributed by atoms with E-state index in [2.05, 4.69) is 5.32 Å². The van der Waals surface area contributed by atoms with E-state index in [9.17, 15) is 8.78 Å². The quantitative estimate of drug-likeness (QED) is 0.760. The van der Waals surface area contributed by atoms with Crippen molar-refractivity contribution in [1.29, 1.82) is 0 Å². The van der Waals surface area contributed by atoms with Crippen LogP contribution in [0.2, 0.25) is 0 Å². The summed E-state index contributed by atoms with van der Waals surface area (Å²) in [6.45, 7) is 2.63. The first-order valence-corrected chi connectivity index (χ1v) is 5.66. The number of anilines is 1. The maximum absolute atomic E-state index is 13.1. The van der Waals surface area contributed by atoms with Gasteiger partial charge in [0.15, 0.2) is 0 Å². The summed E-state index contributed by atoms with van der Waals surface area (Å²) in [6, 6.07) is 3.85. The van der Waals surface area contributed by atoms with Crippen LogP contribution in [-0.4, -0.2) is 18.1 Å². The Kier molecular flexibility index (Phi) is 4.73. The minimum Gasteiger partial charge on any atom is -0.379 e. The van der Waals surface area contributed by atoms with E-state index in [1.807, 2.05) is 6.92 Å². The molecule has 4 heteroatoms. The number of hydrogen-bond donors (Lipinski definition) is 1. The van der Waals surface area contributed by atoms with Gasteiger partial charge in [-0.3, -0.25) is 0 Å². The molecule has 1 rings (SSSR count). The molecule has 0 spiro atoms. The van der Waals surface area contributed by atoms with Gasteiger partial charge in [0.1, 0.15) is 17.3 Å². The highest BCUT2D eigenvalue weighted by Gasteiger charge is 2.06. The topological polar surface area (TPSA) is 12.0 Å². The van der Waals surface area contributed by atoms with E-state index in [-0.39, 0.29) is 5.69 Å². The van der Waals surface area contributed by atoms with Crippen LogP contribution >= 0.6 is 11.8 Å². The normalized spacial score (nSPS) is 10.2. The fourth-order valence-corrected chi connectivity index (χ4v) is 1.59. The van der Waals surface area contributed by atoms with Gasteiger partial charge < -0.3 is 5.32 Å². The van der Waals surface area contributed by atoms with Crippen molar-refractivity contribution in [3.63, 3.8) is 0 Å². The molecule has 0 amide bonds. The third-order valence-corrected chi connectivity index (χ3v) is 2.62. The standard InChI is InChI=1S/C10H13F2NS/c1-2-14-7-6-13-10-8(11)4-3-5-9(10)12/h3-5,13H,2,6-7H2,1H3. The summed E-state index contributed by atoms with van der Waals surface area (Å²) in [7, 11) is 0. The number of para-hydroxylation sites is 1. The molecule has 0 radical (unpaired) electrons. The van der Waals surface area contributed by atoms with Gasteiger partial charge in [-0.15, -0.1) is 0 Å². The molecule has 0 unspecified atom stereocenters. The van der Waals surface area contributed by atoms with Crippen molar-refractivity contribution >= 4 is 17.4 Å². The first-order chi connectivity index (χ1) is 6.75. The zero-order chi connectivity index (χ0) is 10.4. The zero-order valence-electron chi connectivity index (χ0n) is 8.02. The summed E-state index contributed by atoms with van der Waals surface area (Å²) in [6.07, 6.45) is 0. The third-order valence-electron chi connectivity index (χ3n) is 1.72. The van der Waals surface area contributed by atoms with Crippen molar-refractivity contribution in [3.05, 3.63) is 29.8 Å². The highest BCUT2D eigenvalue weighted by molar-refractivity contribution is 7.99. The van der Waals surface area contributed by atoms with Crippen LogP contribution in [0, 0.1) is 11.6 Å². The molecule has 0 saturated heterocycles. The molecule has 1 aromatic rings. The van der Waals surface area contributed by atoms with Crippen molar-refractivity contribution in [1.82, 2.24) is 0 Å². The highest BCUT2D eigenvalue weighted by atomic mass is 32.2. The molecule has 1 nitrogen and oxygen atoms in total. The molecule has 78 valence electrons. The molecule has 14 heavy (non-hydrogen) atoms. The van der Waals surface area contributed by atoms with Gasteiger partial charge in [0.25, 0.3) is 0 Å². The number of hydrogen-bond acceptors (Lipinski definition) is 2. The summed E-state index contributed by atoms with van der Waals surface area (Å²) in [5.74, 6) is 0.795. The van der Waals surface area contributed by atoms with Crippen LogP contribution in [-0.2, 0) is 0 Å². The minimum atomic E-state index is -0.536. The Hall–Kier alpha value is -0.770. The van der Waals surface area contributed by atoms with Crippen molar-refractivity contribution < 1.29 is 8.78 Å². The largest absolute Gasteiger partial charge is 0.379 e. The molecule has 0 aromatic heterocycles. The van der Waals surface area contributed by atoms with Crippen LogP contribution in [0.3, 0.4) is 0 Å². The number of nitrogens with one attached hydrogen (secondary N) is 1. The third kappa shape index (κ3) is 3.18. The Labute approximate surface area is 86.9 Å². The Morgan fingerprint density at radius 1 is 1.29 bits per heavy atom. The lowest BCUT2D eigenvalue weighted by atomic mass is 10.3. The Morgan fingerprint density at radius 2 is 1.93 bits per heavy atom. The molecule has 0 aliphatic heterocycles. The first-order valence-electron chi connectivity index (χ1n) is 4.51. The Balaban J connectivity index is 2.49. The summed E-state index contributed by atoms with van der Waals surface area (Å²) in [5, 5.41) is 2.75. The lowest BCUT2D eigenvalue weighted by molar-refractivity contribution is 0.589. The second-order valence-corrected chi connectivity index (χ2v) is 4.11. The van der Waals surface area contributed by atoms with E-state index in [0.29, 0.717) is 6.54 Å². The van der Waals surface area contributed by atoms with E-state index < -0.39 is 11.6 Å². The molecule has 0 saturated carbocycles. The Morgan fingerprint density at radius 3 is 2.50 bits per heavy atom. The first kappa shape index (κ1) is 11.3. The molecule has 1 aromatic carbocycles. The molecule has 0 heterocycles. The lowest BCUT2D eigenvalue weighted by Crippen LogP contribution is -2.07. The zero-order valence-corrected chi connectivity index (χ0v) is 8.83. The van der Waals surface area contributed by atoms with E-state index in [1.54, 1.807) is 11.8 Å². The summed E-state index contributed by atoms with van der Waals surface area (Å²) in [4.78, 5) is 0. The molecule has 0 bridgehead atoms. The average molecular weight is 217 g/mol. The average Bonchev–Trinajstić information content (AvgIpc) is 2.16. The number of rotatable bonds is 5. The predicted octanol–water partition coefficient (Wildman–Crippen LogP) is 3.13. The minimum absolute atomic E-state index is 0.0239. The molecular weight excluding hydrogens is 204 g/mol. The number of thioether (sulfide) groups is 1. The van der Waals surface area contributed by atoms with E-state index in [4.69, 9.17) is 0 Å². The van der Waals surface area contributed by atoms with Crippen LogP contribution in [0.1, 0.15) is 6.92 Å². The van der Waals surface area contributed by atoms with Crippen LogP contribution in [0.15, 0.2) is 18.2 Å². The monoisotopic (exact) mass is 217 g/mol. The summed E-state index contributed by atoms with van der Waals surface area (Å²) in [5.41, 5.74) is -0.0239. The fraction of sp³-hybridized carbons (Fsp3) is 0.400. The fourth-order valence-electron chi connectivity index (χ4n) is 1.06. The van der Waals surface area contributed by atoms with Gasteiger partial charge in [-0.25, -0.2) is 8.78 Å². The van der Waals surface area contributed by atoms with Gasteiger partial charge in [-0.05, 0) is 17.9 Å².